The molecule has 0 saturated heterocycles. The van der Waals surface area contributed by atoms with E-state index in [1.807, 2.05) is 6.92 Å². The highest BCUT2D eigenvalue weighted by atomic mass is 16.6. The van der Waals surface area contributed by atoms with Crippen LogP contribution in [0.2, 0.25) is 0 Å². The van der Waals surface area contributed by atoms with Crippen LogP contribution in [0, 0.1) is 5.92 Å². The second kappa shape index (κ2) is 12.8. The fraction of sp³-hybridized carbons (Fsp3) is 0.565. The lowest BCUT2D eigenvalue weighted by Crippen LogP contribution is -2.51. The predicted molar refractivity (Wildman–Crippen MR) is 116 cm³/mol. The summed E-state index contributed by atoms with van der Waals surface area (Å²) < 4.78 is 20.6. The molecule has 0 amide bonds. The van der Waals surface area contributed by atoms with Crippen molar-refractivity contribution in [1.82, 2.24) is 0 Å². The van der Waals surface area contributed by atoms with Crippen molar-refractivity contribution in [2.24, 2.45) is 11.7 Å². The highest BCUT2D eigenvalue weighted by Crippen LogP contribution is 2.31. The first-order chi connectivity index (χ1) is 15.1. The quantitative estimate of drug-likeness (QED) is 0.376. The third kappa shape index (κ3) is 7.96. The molecule has 0 spiro atoms. The minimum absolute atomic E-state index is 0.0131. The molecule has 0 bridgehead atoms. The number of nitrogens with two attached hydrogens (primary N) is 1. The minimum atomic E-state index is -1.49. The SMILES string of the molecule is CCC(=O)Oc1ccc(CC(N)(CCOC(=O)[C@@H](C)CC)C(=O)OC)cc1OC(=O)CC. The molecule has 0 aromatic heterocycles. The summed E-state index contributed by atoms with van der Waals surface area (Å²) in [6.07, 6.45) is 0.942. The summed E-state index contributed by atoms with van der Waals surface area (Å²) in [4.78, 5) is 47.8. The molecular formula is C23H33NO8. The monoisotopic (exact) mass is 451 g/mol. The smallest absolute Gasteiger partial charge is 0.326 e. The normalized spacial score (nSPS) is 13.4. The Morgan fingerprint density at radius 2 is 1.59 bits per heavy atom. The van der Waals surface area contributed by atoms with E-state index in [1.54, 1.807) is 26.8 Å². The zero-order valence-corrected chi connectivity index (χ0v) is 19.4. The molecular weight excluding hydrogens is 418 g/mol. The Morgan fingerprint density at radius 3 is 2.12 bits per heavy atom. The first kappa shape index (κ1) is 27.1. The first-order valence-corrected chi connectivity index (χ1v) is 10.7. The average Bonchev–Trinajstić information content (AvgIpc) is 2.78. The molecule has 178 valence electrons. The molecule has 2 atom stereocenters. The second-order valence-electron chi connectivity index (χ2n) is 7.49. The van der Waals surface area contributed by atoms with Gasteiger partial charge in [-0.25, -0.2) is 0 Å². The van der Waals surface area contributed by atoms with Crippen LogP contribution < -0.4 is 15.2 Å². The molecule has 0 aliphatic heterocycles. The number of methoxy groups -OCH3 is 1. The van der Waals surface area contributed by atoms with Crippen LogP contribution in [-0.4, -0.2) is 43.1 Å². The van der Waals surface area contributed by atoms with Crippen molar-refractivity contribution in [2.45, 2.75) is 65.3 Å². The Hall–Kier alpha value is -2.94. The van der Waals surface area contributed by atoms with Gasteiger partial charge in [-0.2, -0.15) is 0 Å². The van der Waals surface area contributed by atoms with Gasteiger partial charge < -0.3 is 24.7 Å². The maximum absolute atomic E-state index is 12.4. The van der Waals surface area contributed by atoms with Crippen molar-refractivity contribution in [3.8, 4) is 11.5 Å². The molecule has 0 fully saturated rings. The summed E-state index contributed by atoms with van der Waals surface area (Å²) in [5.41, 5.74) is 5.39. The van der Waals surface area contributed by atoms with Crippen LogP contribution in [-0.2, 0) is 35.1 Å². The van der Waals surface area contributed by atoms with E-state index in [9.17, 15) is 19.2 Å². The van der Waals surface area contributed by atoms with Crippen LogP contribution >= 0.6 is 0 Å². The number of hydrogen-bond acceptors (Lipinski definition) is 9. The van der Waals surface area contributed by atoms with E-state index >= 15 is 0 Å². The Kier molecular flexibility index (Phi) is 10.8. The largest absolute Gasteiger partial charge is 0.468 e. The van der Waals surface area contributed by atoms with Gasteiger partial charge in [0.1, 0.15) is 5.54 Å². The number of hydrogen-bond donors (Lipinski definition) is 1. The number of carbonyl (C=O) groups excluding carboxylic acids is 4. The molecule has 1 aromatic carbocycles. The molecule has 0 saturated carbocycles. The van der Waals surface area contributed by atoms with Gasteiger partial charge in [-0.05, 0) is 24.1 Å². The maximum Gasteiger partial charge on any atom is 0.326 e. The third-order valence-corrected chi connectivity index (χ3v) is 4.95. The summed E-state index contributed by atoms with van der Waals surface area (Å²) in [5.74, 6) is -2.16. The zero-order valence-electron chi connectivity index (χ0n) is 19.4. The highest BCUT2D eigenvalue weighted by molar-refractivity contribution is 5.81. The van der Waals surface area contributed by atoms with Gasteiger partial charge >= 0.3 is 23.9 Å². The number of carbonyl (C=O) groups is 4. The van der Waals surface area contributed by atoms with Gasteiger partial charge in [0.05, 0.1) is 19.6 Å². The fourth-order valence-corrected chi connectivity index (χ4v) is 2.69. The van der Waals surface area contributed by atoms with Gasteiger partial charge in [0.25, 0.3) is 0 Å². The zero-order chi connectivity index (χ0) is 24.3. The number of esters is 4. The molecule has 1 rings (SSSR count). The van der Waals surface area contributed by atoms with E-state index in [2.05, 4.69) is 0 Å². The van der Waals surface area contributed by atoms with Crippen molar-refractivity contribution in [2.75, 3.05) is 13.7 Å². The highest BCUT2D eigenvalue weighted by Gasteiger charge is 2.36. The van der Waals surface area contributed by atoms with E-state index in [0.29, 0.717) is 12.0 Å². The molecule has 1 aromatic rings. The molecule has 1 unspecified atom stereocenters. The van der Waals surface area contributed by atoms with Gasteiger partial charge in [0.2, 0.25) is 0 Å². The molecule has 0 aliphatic rings. The van der Waals surface area contributed by atoms with Gasteiger partial charge in [-0.15, -0.1) is 0 Å². The van der Waals surface area contributed by atoms with Crippen molar-refractivity contribution in [3.63, 3.8) is 0 Å². The maximum atomic E-state index is 12.4. The molecule has 0 radical (unpaired) electrons. The predicted octanol–water partition coefficient (Wildman–Crippen LogP) is 2.71. The standard InChI is InChI=1S/C23H33NO8/c1-6-15(4)21(27)30-12-11-23(24,22(28)29-5)14-16-9-10-17(31-19(25)7-2)18(13-16)32-20(26)8-3/h9-10,13,15H,6-8,11-12,14,24H2,1-5H3/t15-,23?/m0/s1. The average molecular weight is 452 g/mol. The molecule has 0 aliphatic carbocycles. The number of benzene rings is 1. The summed E-state index contributed by atoms with van der Waals surface area (Å²) in [6.45, 7) is 6.84. The van der Waals surface area contributed by atoms with Gasteiger partial charge in [0.15, 0.2) is 11.5 Å². The Balaban J connectivity index is 3.10. The van der Waals surface area contributed by atoms with Crippen molar-refractivity contribution in [1.29, 1.82) is 0 Å². The van der Waals surface area contributed by atoms with E-state index in [0.717, 1.165) is 0 Å². The van der Waals surface area contributed by atoms with E-state index < -0.39 is 23.4 Å². The minimum Gasteiger partial charge on any atom is -0.468 e. The number of rotatable bonds is 12. The van der Waals surface area contributed by atoms with E-state index in [-0.39, 0.29) is 55.7 Å². The fourth-order valence-electron chi connectivity index (χ4n) is 2.69. The molecule has 32 heavy (non-hydrogen) atoms. The van der Waals surface area contributed by atoms with E-state index in [4.69, 9.17) is 24.7 Å². The van der Waals surface area contributed by atoms with Crippen LogP contribution in [0.4, 0.5) is 0 Å². The summed E-state index contributed by atoms with van der Waals surface area (Å²) in [5, 5.41) is 0. The van der Waals surface area contributed by atoms with Gasteiger partial charge in [0, 0.05) is 25.7 Å². The molecule has 9 heteroatoms. The Bertz CT molecular complexity index is 822. The lowest BCUT2D eigenvalue weighted by Gasteiger charge is -2.27. The summed E-state index contributed by atoms with van der Waals surface area (Å²) >= 11 is 0. The van der Waals surface area contributed by atoms with Crippen LogP contribution in [0.25, 0.3) is 0 Å². The van der Waals surface area contributed by atoms with Crippen LogP contribution in [0.1, 0.15) is 58.9 Å². The summed E-state index contributed by atoms with van der Waals surface area (Å²) in [6, 6.07) is 4.57. The molecule has 9 nitrogen and oxygen atoms in total. The number of ether oxygens (including phenoxy) is 4. The second-order valence-corrected chi connectivity index (χ2v) is 7.49. The van der Waals surface area contributed by atoms with Gasteiger partial charge in [-0.1, -0.05) is 33.8 Å². The van der Waals surface area contributed by atoms with Crippen molar-refractivity contribution >= 4 is 23.9 Å². The third-order valence-electron chi connectivity index (χ3n) is 4.95. The van der Waals surface area contributed by atoms with Crippen LogP contribution in [0.15, 0.2) is 18.2 Å². The lowest BCUT2D eigenvalue weighted by atomic mass is 9.88. The summed E-state index contributed by atoms with van der Waals surface area (Å²) in [7, 11) is 1.22. The first-order valence-electron chi connectivity index (χ1n) is 10.7. The van der Waals surface area contributed by atoms with Crippen molar-refractivity contribution in [3.05, 3.63) is 23.8 Å². The molecule has 2 N–H and O–H groups in total. The van der Waals surface area contributed by atoms with Crippen molar-refractivity contribution < 1.29 is 38.1 Å². The lowest BCUT2D eigenvalue weighted by molar-refractivity contribution is -0.153. The topological polar surface area (TPSA) is 131 Å². The molecule has 0 heterocycles. The Morgan fingerprint density at radius 1 is 1.00 bits per heavy atom. The van der Waals surface area contributed by atoms with Crippen LogP contribution in [0.5, 0.6) is 11.5 Å². The van der Waals surface area contributed by atoms with Gasteiger partial charge in [-0.3, -0.25) is 19.2 Å². The van der Waals surface area contributed by atoms with E-state index in [1.165, 1.54) is 19.2 Å². The Labute approximate surface area is 188 Å². The van der Waals surface area contributed by atoms with Crippen LogP contribution in [0.3, 0.4) is 0 Å².